The minimum absolute atomic E-state index is 0.716. The second kappa shape index (κ2) is 3.77. The highest BCUT2D eigenvalue weighted by Crippen LogP contribution is 2.10. The van der Waals surface area contributed by atoms with Gasteiger partial charge < -0.3 is 5.73 Å². The molecule has 0 radical (unpaired) electrons. The fraction of sp³-hybridized carbons (Fsp3) is 0.250. The summed E-state index contributed by atoms with van der Waals surface area (Å²) in [4.78, 5) is 0. The highest BCUT2D eigenvalue weighted by atomic mass is 15.3. The predicted octanol–water partition coefficient (Wildman–Crippen LogP) is 2.13. The van der Waals surface area contributed by atoms with E-state index in [1.54, 1.807) is 0 Å². The molecule has 1 aromatic carbocycles. The van der Waals surface area contributed by atoms with Crippen LogP contribution in [-0.2, 0) is 6.54 Å². The molecule has 0 saturated carbocycles. The van der Waals surface area contributed by atoms with Crippen molar-refractivity contribution in [2.24, 2.45) is 0 Å². The molecular weight excluding hydrogens is 186 g/mol. The summed E-state index contributed by atoms with van der Waals surface area (Å²) in [5.74, 6) is 0.716. The number of rotatable bonds is 2. The van der Waals surface area contributed by atoms with Crippen molar-refractivity contribution < 1.29 is 0 Å². The molecule has 0 aliphatic heterocycles. The topological polar surface area (TPSA) is 43.8 Å². The fourth-order valence-corrected chi connectivity index (χ4v) is 1.56. The summed E-state index contributed by atoms with van der Waals surface area (Å²) in [6, 6.07) is 10.3. The number of aromatic nitrogens is 2. The third kappa shape index (κ3) is 2.18. The van der Waals surface area contributed by atoms with Gasteiger partial charge in [-0.05, 0) is 19.4 Å². The van der Waals surface area contributed by atoms with Crippen LogP contribution < -0.4 is 5.73 Å². The van der Waals surface area contributed by atoms with Gasteiger partial charge in [-0.2, -0.15) is 5.10 Å². The molecule has 1 aromatic heterocycles. The molecule has 2 N–H and O–H groups in total. The molecule has 0 atom stereocenters. The molecule has 3 nitrogen and oxygen atoms in total. The first kappa shape index (κ1) is 9.77. The third-order valence-electron chi connectivity index (χ3n) is 2.39. The lowest BCUT2D eigenvalue weighted by molar-refractivity contribution is 0.689. The van der Waals surface area contributed by atoms with Crippen LogP contribution in [0.3, 0.4) is 0 Å². The van der Waals surface area contributed by atoms with Crippen LogP contribution >= 0.6 is 0 Å². The van der Waals surface area contributed by atoms with Gasteiger partial charge in [0.15, 0.2) is 0 Å². The molecule has 78 valence electrons. The summed E-state index contributed by atoms with van der Waals surface area (Å²) in [6.45, 7) is 4.76. The number of nitrogens with zero attached hydrogens (tertiary/aromatic N) is 2. The highest BCUT2D eigenvalue weighted by molar-refractivity contribution is 5.32. The van der Waals surface area contributed by atoms with Crippen LogP contribution in [0.2, 0.25) is 0 Å². The standard InChI is InChI=1S/C12H15N3/c1-9-3-5-11(6-4-9)8-15-12(13)7-10(2)14-15/h3-7H,8,13H2,1-2H3. The van der Waals surface area contributed by atoms with E-state index in [1.807, 2.05) is 17.7 Å². The van der Waals surface area contributed by atoms with Crippen LogP contribution in [0.4, 0.5) is 5.82 Å². The van der Waals surface area contributed by atoms with Crippen molar-refractivity contribution in [2.75, 3.05) is 5.73 Å². The Bertz CT molecular complexity index is 454. The first-order chi connectivity index (χ1) is 7.15. The first-order valence-electron chi connectivity index (χ1n) is 5.00. The number of nitrogen functional groups attached to an aromatic ring is 1. The Hall–Kier alpha value is -1.77. The molecular formula is C12H15N3. The minimum atomic E-state index is 0.716. The fourth-order valence-electron chi connectivity index (χ4n) is 1.56. The summed E-state index contributed by atoms with van der Waals surface area (Å²) in [5.41, 5.74) is 9.26. The number of hydrogen-bond acceptors (Lipinski definition) is 2. The SMILES string of the molecule is Cc1ccc(Cn2nc(C)cc2N)cc1. The molecule has 2 rings (SSSR count). The molecule has 0 unspecified atom stereocenters. The Kier molecular flexibility index (Phi) is 2.46. The summed E-state index contributed by atoms with van der Waals surface area (Å²) in [6.07, 6.45) is 0. The van der Waals surface area contributed by atoms with Gasteiger partial charge in [-0.15, -0.1) is 0 Å². The van der Waals surface area contributed by atoms with Gasteiger partial charge in [0.2, 0.25) is 0 Å². The average molecular weight is 201 g/mol. The zero-order valence-corrected chi connectivity index (χ0v) is 9.07. The summed E-state index contributed by atoms with van der Waals surface area (Å²) >= 11 is 0. The van der Waals surface area contributed by atoms with Gasteiger partial charge in [-0.25, -0.2) is 4.68 Å². The number of anilines is 1. The van der Waals surface area contributed by atoms with E-state index in [4.69, 9.17) is 5.73 Å². The maximum Gasteiger partial charge on any atom is 0.122 e. The Balaban J connectivity index is 2.21. The maximum atomic E-state index is 5.82. The zero-order chi connectivity index (χ0) is 10.8. The van der Waals surface area contributed by atoms with Crippen molar-refractivity contribution >= 4 is 5.82 Å². The quantitative estimate of drug-likeness (QED) is 0.808. The van der Waals surface area contributed by atoms with E-state index in [1.165, 1.54) is 11.1 Å². The second-order valence-electron chi connectivity index (χ2n) is 3.85. The maximum absolute atomic E-state index is 5.82. The molecule has 0 spiro atoms. The van der Waals surface area contributed by atoms with Gasteiger partial charge in [0, 0.05) is 6.07 Å². The average Bonchev–Trinajstić information content (AvgIpc) is 2.49. The van der Waals surface area contributed by atoms with Crippen molar-refractivity contribution in [3.63, 3.8) is 0 Å². The number of benzene rings is 1. The minimum Gasteiger partial charge on any atom is -0.384 e. The van der Waals surface area contributed by atoms with Gasteiger partial charge in [-0.3, -0.25) is 0 Å². The van der Waals surface area contributed by atoms with Crippen LogP contribution in [0.25, 0.3) is 0 Å². The molecule has 3 heteroatoms. The van der Waals surface area contributed by atoms with Gasteiger partial charge >= 0.3 is 0 Å². The first-order valence-corrected chi connectivity index (χ1v) is 5.00. The van der Waals surface area contributed by atoms with E-state index in [0.717, 1.165) is 12.2 Å². The van der Waals surface area contributed by atoms with E-state index >= 15 is 0 Å². The number of aryl methyl sites for hydroxylation is 2. The van der Waals surface area contributed by atoms with E-state index in [2.05, 4.69) is 36.3 Å². The van der Waals surface area contributed by atoms with Crippen LogP contribution in [-0.4, -0.2) is 9.78 Å². The largest absolute Gasteiger partial charge is 0.384 e. The molecule has 0 bridgehead atoms. The molecule has 15 heavy (non-hydrogen) atoms. The highest BCUT2D eigenvalue weighted by Gasteiger charge is 2.01. The van der Waals surface area contributed by atoms with Crippen molar-refractivity contribution in [3.05, 3.63) is 47.2 Å². The molecule has 0 fully saturated rings. The predicted molar refractivity (Wildman–Crippen MR) is 61.7 cm³/mol. The van der Waals surface area contributed by atoms with Gasteiger partial charge in [-0.1, -0.05) is 29.8 Å². The molecule has 0 saturated heterocycles. The van der Waals surface area contributed by atoms with Crippen LogP contribution in [0.15, 0.2) is 30.3 Å². The third-order valence-corrected chi connectivity index (χ3v) is 2.39. The molecule has 0 amide bonds. The second-order valence-corrected chi connectivity index (χ2v) is 3.85. The van der Waals surface area contributed by atoms with Crippen LogP contribution in [0.5, 0.6) is 0 Å². The van der Waals surface area contributed by atoms with E-state index < -0.39 is 0 Å². The van der Waals surface area contributed by atoms with Crippen molar-refractivity contribution in [1.82, 2.24) is 9.78 Å². The summed E-state index contributed by atoms with van der Waals surface area (Å²) in [5, 5.41) is 4.32. The van der Waals surface area contributed by atoms with Crippen molar-refractivity contribution in [3.8, 4) is 0 Å². The summed E-state index contributed by atoms with van der Waals surface area (Å²) in [7, 11) is 0. The lowest BCUT2D eigenvalue weighted by atomic mass is 10.1. The monoisotopic (exact) mass is 201 g/mol. The lowest BCUT2D eigenvalue weighted by Gasteiger charge is -2.04. The molecule has 1 heterocycles. The van der Waals surface area contributed by atoms with Gasteiger partial charge in [0.05, 0.1) is 12.2 Å². The van der Waals surface area contributed by atoms with Gasteiger partial charge in [0.1, 0.15) is 5.82 Å². The van der Waals surface area contributed by atoms with Crippen LogP contribution in [0, 0.1) is 13.8 Å². The lowest BCUT2D eigenvalue weighted by Crippen LogP contribution is -2.05. The molecule has 0 aliphatic carbocycles. The smallest absolute Gasteiger partial charge is 0.122 e. The van der Waals surface area contributed by atoms with Crippen LogP contribution in [0.1, 0.15) is 16.8 Å². The Morgan fingerprint density at radius 2 is 1.87 bits per heavy atom. The zero-order valence-electron chi connectivity index (χ0n) is 9.07. The Morgan fingerprint density at radius 3 is 2.40 bits per heavy atom. The van der Waals surface area contributed by atoms with Crippen molar-refractivity contribution in [2.45, 2.75) is 20.4 Å². The Labute approximate surface area is 89.5 Å². The van der Waals surface area contributed by atoms with E-state index in [9.17, 15) is 0 Å². The molecule has 2 aromatic rings. The normalized spacial score (nSPS) is 10.5. The molecule has 0 aliphatic rings. The number of nitrogens with two attached hydrogens (primary N) is 1. The van der Waals surface area contributed by atoms with E-state index in [-0.39, 0.29) is 0 Å². The van der Waals surface area contributed by atoms with E-state index in [0.29, 0.717) is 5.82 Å². The van der Waals surface area contributed by atoms with Crippen molar-refractivity contribution in [1.29, 1.82) is 0 Å². The number of hydrogen-bond donors (Lipinski definition) is 1. The Morgan fingerprint density at radius 1 is 1.20 bits per heavy atom. The summed E-state index contributed by atoms with van der Waals surface area (Å²) < 4.78 is 1.82. The van der Waals surface area contributed by atoms with Gasteiger partial charge in [0.25, 0.3) is 0 Å².